The van der Waals surface area contributed by atoms with Crippen molar-refractivity contribution < 1.29 is 27.1 Å². The van der Waals surface area contributed by atoms with Crippen LogP contribution in [-0.2, 0) is 14.8 Å². The molecule has 0 radical (unpaired) electrons. The summed E-state index contributed by atoms with van der Waals surface area (Å²) in [5.74, 6) is -5.57. The molecule has 1 saturated heterocycles. The van der Waals surface area contributed by atoms with E-state index in [1.165, 1.54) is 6.92 Å². The normalized spacial score (nSPS) is 21.3. The maximum absolute atomic E-state index is 12.0. The van der Waals surface area contributed by atoms with Gasteiger partial charge in [-0.1, -0.05) is 6.92 Å². The molecule has 1 atom stereocenters. The predicted octanol–water partition coefficient (Wildman–Crippen LogP) is 0.191. The minimum Gasteiger partial charge on any atom is -0.481 e. The number of hydrogen-bond acceptors (Lipinski definition) is 3. The molecule has 5 nitrogen and oxygen atoms in total. The third kappa shape index (κ3) is 2.25. The van der Waals surface area contributed by atoms with Gasteiger partial charge in [0, 0.05) is 13.1 Å². The van der Waals surface area contributed by atoms with Crippen LogP contribution in [0.15, 0.2) is 0 Å². The van der Waals surface area contributed by atoms with Gasteiger partial charge >= 0.3 is 11.7 Å². The molecule has 1 N–H and O–H groups in total. The van der Waals surface area contributed by atoms with Gasteiger partial charge in [0.05, 0.1) is 5.92 Å². The van der Waals surface area contributed by atoms with Gasteiger partial charge in [-0.3, -0.25) is 4.79 Å². The number of nitrogens with zero attached hydrogens (tertiary/aromatic N) is 1. The number of sulfonamides is 1. The Morgan fingerprint density at radius 1 is 1.47 bits per heavy atom. The zero-order valence-electron chi connectivity index (χ0n) is 7.93. The van der Waals surface area contributed by atoms with Crippen LogP contribution in [0.25, 0.3) is 0 Å². The van der Waals surface area contributed by atoms with Crippen molar-refractivity contribution in [2.24, 2.45) is 11.8 Å². The first kappa shape index (κ1) is 12.3. The smallest absolute Gasteiger partial charge is 0.350 e. The molecule has 0 spiro atoms. The van der Waals surface area contributed by atoms with Crippen molar-refractivity contribution in [1.82, 2.24) is 4.31 Å². The van der Waals surface area contributed by atoms with Gasteiger partial charge in [-0.05, 0) is 5.92 Å². The molecule has 0 aliphatic carbocycles. The van der Waals surface area contributed by atoms with E-state index in [0.29, 0.717) is 4.31 Å². The van der Waals surface area contributed by atoms with E-state index in [0.717, 1.165) is 0 Å². The molecule has 0 bridgehead atoms. The van der Waals surface area contributed by atoms with Crippen molar-refractivity contribution in [1.29, 1.82) is 0 Å². The largest absolute Gasteiger partial charge is 0.481 e. The van der Waals surface area contributed by atoms with Gasteiger partial charge in [0.15, 0.2) is 0 Å². The van der Waals surface area contributed by atoms with Gasteiger partial charge in [-0.2, -0.15) is 13.1 Å². The molecule has 8 heteroatoms. The Balaban J connectivity index is 2.55. The van der Waals surface area contributed by atoms with Gasteiger partial charge in [-0.15, -0.1) is 0 Å². The molecular formula is C7H11F2NO4S. The van der Waals surface area contributed by atoms with Crippen LogP contribution in [0.2, 0.25) is 0 Å². The maximum Gasteiger partial charge on any atom is 0.350 e. The highest BCUT2D eigenvalue weighted by Crippen LogP contribution is 2.28. The first-order valence-electron chi connectivity index (χ1n) is 4.26. The summed E-state index contributed by atoms with van der Waals surface area (Å²) in [4.78, 5) is 10.5. The summed E-state index contributed by atoms with van der Waals surface area (Å²) in [7, 11) is -4.53. The Hall–Kier alpha value is -0.760. The fourth-order valence-corrected chi connectivity index (χ4v) is 2.33. The predicted molar refractivity (Wildman–Crippen MR) is 46.8 cm³/mol. The lowest BCUT2D eigenvalue weighted by molar-refractivity contribution is -0.144. The molecule has 1 unspecified atom stereocenters. The number of rotatable bonds is 4. The fourth-order valence-electron chi connectivity index (χ4n) is 1.31. The van der Waals surface area contributed by atoms with Gasteiger partial charge in [0.1, 0.15) is 0 Å². The van der Waals surface area contributed by atoms with E-state index < -0.39 is 27.7 Å². The number of carboxylic acid groups (broad SMARTS) is 1. The summed E-state index contributed by atoms with van der Waals surface area (Å²) in [6, 6.07) is 0. The molecule has 0 aromatic heterocycles. The van der Waals surface area contributed by atoms with Gasteiger partial charge in [0.2, 0.25) is 0 Å². The van der Waals surface area contributed by atoms with E-state index >= 15 is 0 Å². The van der Waals surface area contributed by atoms with Crippen molar-refractivity contribution in [3.63, 3.8) is 0 Å². The molecule has 1 fully saturated rings. The van der Waals surface area contributed by atoms with Crippen LogP contribution in [0.1, 0.15) is 6.92 Å². The topological polar surface area (TPSA) is 74.7 Å². The summed E-state index contributed by atoms with van der Waals surface area (Å²) in [5.41, 5.74) is 0. The average Bonchev–Trinajstić information content (AvgIpc) is 1.99. The van der Waals surface area contributed by atoms with Crippen LogP contribution >= 0.6 is 0 Å². The van der Waals surface area contributed by atoms with Gasteiger partial charge in [0.25, 0.3) is 10.0 Å². The van der Waals surface area contributed by atoms with E-state index in [1.54, 1.807) is 0 Å². The number of carboxylic acids is 1. The van der Waals surface area contributed by atoms with E-state index in [9.17, 15) is 22.0 Å². The van der Waals surface area contributed by atoms with Crippen molar-refractivity contribution in [3.05, 3.63) is 0 Å². The average molecular weight is 243 g/mol. The van der Waals surface area contributed by atoms with E-state index in [2.05, 4.69) is 0 Å². The second-order valence-electron chi connectivity index (χ2n) is 3.51. The molecule has 0 aromatic rings. The Morgan fingerprint density at radius 2 is 1.93 bits per heavy atom. The Labute approximate surface area is 85.7 Å². The highest BCUT2D eigenvalue weighted by molar-refractivity contribution is 7.89. The van der Waals surface area contributed by atoms with Crippen LogP contribution in [0.5, 0.6) is 0 Å². The van der Waals surface area contributed by atoms with E-state index in [-0.39, 0.29) is 19.0 Å². The molecule has 0 saturated carbocycles. The molecule has 15 heavy (non-hydrogen) atoms. The monoisotopic (exact) mass is 243 g/mol. The second-order valence-corrected chi connectivity index (χ2v) is 5.41. The van der Waals surface area contributed by atoms with Crippen LogP contribution in [0, 0.1) is 11.8 Å². The van der Waals surface area contributed by atoms with Crippen LogP contribution in [0.3, 0.4) is 0 Å². The Bertz CT molecular complexity index is 350. The van der Waals surface area contributed by atoms with Crippen molar-refractivity contribution in [2.45, 2.75) is 12.7 Å². The SMILES string of the molecule is CC(C(=O)O)C1CN(S(=O)(=O)C(F)F)C1. The molecule has 1 aliphatic rings. The molecule has 1 aliphatic heterocycles. The maximum atomic E-state index is 12.0. The lowest BCUT2D eigenvalue weighted by Gasteiger charge is -2.39. The minimum atomic E-state index is -4.53. The first-order valence-corrected chi connectivity index (χ1v) is 5.77. The summed E-state index contributed by atoms with van der Waals surface area (Å²) in [6.07, 6.45) is 0. The van der Waals surface area contributed by atoms with Crippen molar-refractivity contribution in [2.75, 3.05) is 13.1 Å². The third-order valence-corrected chi connectivity index (χ3v) is 4.03. The lowest BCUT2D eigenvalue weighted by atomic mass is 9.89. The zero-order chi connectivity index (χ0) is 11.8. The van der Waals surface area contributed by atoms with E-state index in [1.807, 2.05) is 0 Å². The minimum absolute atomic E-state index is 0.139. The van der Waals surface area contributed by atoms with Crippen molar-refractivity contribution in [3.8, 4) is 0 Å². The van der Waals surface area contributed by atoms with Crippen LogP contribution < -0.4 is 0 Å². The number of aliphatic carboxylic acids is 1. The zero-order valence-corrected chi connectivity index (χ0v) is 8.75. The second kappa shape index (κ2) is 4.01. The molecule has 1 heterocycles. The van der Waals surface area contributed by atoms with Gasteiger partial charge < -0.3 is 5.11 Å². The van der Waals surface area contributed by atoms with Gasteiger partial charge in [-0.25, -0.2) is 8.42 Å². The molecule has 0 amide bonds. The third-order valence-electron chi connectivity index (χ3n) is 2.56. The lowest BCUT2D eigenvalue weighted by Crippen LogP contribution is -2.54. The number of carbonyl (C=O) groups is 1. The Kier molecular flexibility index (Phi) is 3.29. The summed E-state index contributed by atoms with van der Waals surface area (Å²) in [6.45, 7) is 1.15. The molecule has 1 rings (SSSR count). The molecule has 0 aromatic carbocycles. The number of hydrogen-bond donors (Lipinski definition) is 1. The first-order chi connectivity index (χ1) is 6.76. The number of halogens is 2. The molecule has 88 valence electrons. The summed E-state index contributed by atoms with van der Waals surface area (Å²) in [5, 5.41) is 8.60. The molecular weight excluding hydrogens is 232 g/mol. The quantitative estimate of drug-likeness (QED) is 0.765. The number of alkyl halides is 2. The van der Waals surface area contributed by atoms with E-state index in [4.69, 9.17) is 5.11 Å². The Morgan fingerprint density at radius 3 is 2.27 bits per heavy atom. The highest BCUT2D eigenvalue weighted by atomic mass is 32.2. The highest BCUT2D eigenvalue weighted by Gasteiger charge is 2.44. The summed E-state index contributed by atoms with van der Waals surface area (Å²) >= 11 is 0. The van der Waals surface area contributed by atoms with Crippen LogP contribution in [-0.4, -0.2) is 42.6 Å². The standard InChI is InChI=1S/C7H11F2NO4S/c1-4(6(11)12)5-2-10(3-5)15(13,14)7(8)9/h4-5,7H,2-3H2,1H3,(H,11,12). The fraction of sp³-hybridized carbons (Fsp3) is 0.857. The van der Waals surface area contributed by atoms with Crippen LogP contribution in [0.4, 0.5) is 8.78 Å². The summed E-state index contributed by atoms with van der Waals surface area (Å²) < 4.78 is 46.4. The van der Waals surface area contributed by atoms with Crippen molar-refractivity contribution >= 4 is 16.0 Å².